The summed E-state index contributed by atoms with van der Waals surface area (Å²) < 4.78 is 10.4. The van der Waals surface area contributed by atoms with Crippen LogP contribution in [0.15, 0.2) is 30.3 Å². The van der Waals surface area contributed by atoms with Gasteiger partial charge >= 0.3 is 5.97 Å². The van der Waals surface area contributed by atoms with Crippen molar-refractivity contribution in [3.63, 3.8) is 0 Å². The van der Waals surface area contributed by atoms with Gasteiger partial charge in [0, 0.05) is 0 Å². The van der Waals surface area contributed by atoms with Gasteiger partial charge in [0.2, 0.25) is 4.38 Å². The summed E-state index contributed by atoms with van der Waals surface area (Å²) in [6, 6.07) is 8.88. The Balaban J connectivity index is 2.79. The first-order valence-electron chi connectivity index (χ1n) is 6.64. The summed E-state index contributed by atoms with van der Waals surface area (Å²) in [5.41, 5.74) is 0.629. The van der Waals surface area contributed by atoms with E-state index in [1.807, 2.05) is 13.0 Å². The van der Waals surface area contributed by atoms with E-state index in [1.54, 1.807) is 31.2 Å². The third kappa shape index (κ3) is 5.85. The van der Waals surface area contributed by atoms with Crippen LogP contribution in [0, 0.1) is 0 Å². The topological polar surface area (TPSA) is 52.6 Å². The molecule has 0 aromatic heterocycles. The van der Waals surface area contributed by atoms with Crippen LogP contribution in [0.2, 0.25) is 0 Å². The molecule has 0 aliphatic rings. The number of rotatable bonds is 7. The second-order valence-electron chi connectivity index (χ2n) is 4.03. The zero-order chi connectivity index (χ0) is 15.7. The lowest BCUT2D eigenvalue weighted by Gasteiger charge is -2.14. The van der Waals surface area contributed by atoms with Crippen molar-refractivity contribution < 1.29 is 19.1 Å². The lowest BCUT2D eigenvalue weighted by molar-refractivity contribution is -0.147. The Hall–Kier alpha value is -1.40. The summed E-state index contributed by atoms with van der Waals surface area (Å²) in [5, 5.41) is 0. The van der Waals surface area contributed by atoms with Gasteiger partial charge < -0.3 is 9.47 Å². The largest absolute Gasteiger partial charge is 0.479 e. The van der Waals surface area contributed by atoms with Crippen LogP contribution in [0.3, 0.4) is 0 Å². The highest BCUT2D eigenvalue weighted by atomic mass is 32.2. The highest BCUT2D eigenvalue weighted by molar-refractivity contribution is 8.23. The van der Waals surface area contributed by atoms with Crippen LogP contribution in [0.25, 0.3) is 0 Å². The number of Topliss-reactive ketones (excluding diaryl/α,β-unsaturated/α-hetero) is 1. The summed E-state index contributed by atoms with van der Waals surface area (Å²) >= 11 is 6.08. The lowest BCUT2D eigenvalue weighted by atomic mass is 9.95. The molecule has 0 N–H and O–H groups in total. The maximum absolute atomic E-state index is 12.3. The molecule has 1 atom stereocenters. The number of carbonyl (C=O) groups excluding carboxylic acids is 2. The molecule has 0 fully saturated rings. The van der Waals surface area contributed by atoms with Crippen molar-refractivity contribution >= 4 is 40.1 Å². The molecule has 0 saturated carbocycles. The summed E-state index contributed by atoms with van der Waals surface area (Å²) in [4.78, 5) is 24.4. The van der Waals surface area contributed by atoms with E-state index in [1.165, 1.54) is 0 Å². The van der Waals surface area contributed by atoms with E-state index in [4.69, 9.17) is 21.7 Å². The zero-order valence-corrected chi connectivity index (χ0v) is 13.7. The fraction of sp³-hybridized carbons (Fsp3) is 0.400. The minimum absolute atomic E-state index is 0.0806. The maximum Gasteiger partial charge on any atom is 0.321 e. The first kappa shape index (κ1) is 17.7. The zero-order valence-electron chi connectivity index (χ0n) is 12.0. The van der Waals surface area contributed by atoms with E-state index in [0.29, 0.717) is 16.6 Å². The average molecular weight is 326 g/mol. The number of hydrogen-bond acceptors (Lipinski definition) is 6. The smallest absolute Gasteiger partial charge is 0.321 e. The van der Waals surface area contributed by atoms with Crippen molar-refractivity contribution in [2.75, 3.05) is 19.0 Å². The molecule has 1 aromatic carbocycles. The van der Waals surface area contributed by atoms with Crippen molar-refractivity contribution in [1.29, 1.82) is 0 Å². The van der Waals surface area contributed by atoms with Crippen LogP contribution >= 0.6 is 24.0 Å². The number of hydrogen-bond donors (Lipinski definition) is 0. The number of carbonyl (C=O) groups is 2. The Labute approximate surface area is 134 Å². The first-order valence-corrected chi connectivity index (χ1v) is 8.03. The SMILES string of the molecule is CCOC(=O)C(C(=O)CSC(=S)OCC)c1ccccc1. The van der Waals surface area contributed by atoms with Gasteiger partial charge in [0.25, 0.3) is 0 Å². The molecule has 114 valence electrons. The van der Waals surface area contributed by atoms with Crippen LogP contribution in [0.5, 0.6) is 0 Å². The van der Waals surface area contributed by atoms with E-state index >= 15 is 0 Å². The van der Waals surface area contributed by atoms with Crippen LogP contribution in [-0.4, -0.2) is 35.1 Å². The summed E-state index contributed by atoms with van der Waals surface area (Å²) in [7, 11) is 0. The van der Waals surface area contributed by atoms with Gasteiger partial charge in [-0.25, -0.2) is 0 Å². The third-order valence-electron chi connectivity index (χ3n) is 2.57. The van der Waals surface area contributed by atoms with Crippen LogP contribution < -0.4 is 0 Å². The average Bonchev–Trinajstić information content (AvgIpc) is 2.47. The molecule has 6 heteroatoms. The van der Waals surface area contributed by atoms with Crippen molar-refractivity contribution in [2.45, 2.75) is 19.8 Å². The second-order valence-corrected chi connectivity index (χ2v) is 5.61. The van der Waals surface area contributed by atoms with E-state index in [0.717, 1.165) is 11.8 Å². The van der Waals surface area contributed by atoms with Gasteiger partial charge in [-0.15, -0.1) is 0 Å². The van der Waals surface area contributed by atoms with Gasteiger partial charge in [-0.1, -0.05) is 42.1 Å². The quantitative estimate of drug-likeness (QED) is 0.436. The Bertz CT molecular complexity index is 488. The van der Waals surface area contributed by atoms with Gasteiger partial charge in [0.1, 0.15) is 5.92 Å². The minimum Gasteiger partial charge on any atom is -0.479 e. The maximum atomic E-state index is 12.3. The van der Waals surface area contributed by atoms with E-state index < -0.39 is 11.9 Å². The van der Waals surface area contributed by atoms with Gasteiger partial charge in [-0.2, -0.15) is 0 Å². The second kappa shape index (κ2) is 9.52. The number of ketones is 1. The van der Waals surface area contributed by atoms with Crippen molar-refractivity contribution in [2.24, 2.45) is 0 Å². The Morgan fingerprint density at radius 2 is 1.76 bits per heavy atom. The molecule has 1 rings (SSSR count). The van der Waals surface area contributed by atoms with Crippen molar-refractivity contribution in [3.05, 3.63) is 35.9 Å². The normalized spacial score (nSPS) is 11.5. The molecule has 4 nitrogen and oxygen atoms in total. The van der Waals surface area contributed by atoms with E-state index in [9.17, 15) is 9.59 Å². The highest BCUT2D eigenvalue weighted by Crippen LogP contribution is 2.21. The van der Waals surface area contributed by atoms with Gasteiger partial charge in [0.15, 0.2) is 5.78 Å². The van der Waals surface area contributed by atoms with Crippen LogP contribution in [0.1, 0.15) is 25.3 Å². The number of thioether (sulfide) groups is 1. The molecule has 0 saturated heterocycles. The lowest BCUT2D eigenvalue weighted by Crippen LogP contribution is -2.26. The predicted octanol–water partition coefficient (Wildman–Crippen LogP) is 2.96. The molecule has 1 aromatic rings. The Morgan fingerprint density at radius 1 is 1.14 bits per heavy atom. The standard InChI is InChI=1S/C15H18O4S2/c1-3-18-14(17)13(11-8-6-5-7-9-11)12(16)10-21-15(20)19-4-2/h5-9,13H,3-4,10H2,1-2H3. The Kier molecular flexibility index (Phi) is 8.00. The minimum atomic E-state index is -0.914. The molecule has 0 aliphatic heterocycles. The number of ether oxygens (including phenoxy) is 2. The number of esters is 1. The van der Waals surface area contributed by atoms with Crippen molar-refractivity contribution in [1.82, 2.24) is 0 Å². The summed E-state index contributed by atoms with van der Waals surface area (Å²) in [6.07, 6.45) is 0. The number of thiocarbonyl (C=S) groups is 1. The van der Waals surface area contributed by atoms with E-state index in [-0.39, 0.29) is 18.1 Å². The molecule has 0 spiro atoms. The summed E-state index contributed by atoms with van der Waals surface area (Å²) in [6.45, 7) is 4.23. The van der Waals surface area contributed by atoms with Gasteiger partial charge in [-0.3, -0.25) is 9.59 Å². The molecule has 0 radical (unpaired) electrons. The summed E-state index contributed by atoms with van der Waals surface area (Å²) in [5.74, 6) is -1.61. The van der Waals surface area contributed by atoms with E-state index in [2.05, 4.69) is 0 Å². The van der Waals surface area contributed by atoms with Gasteiger partial charge in [0.05, 0.1) is 19.0 Å². The monoisotopic (exact) mass is 326 g/mol. The molecule has 21 heavy (non-hydrogen) atoms. The van der Waals surface area contributed by atoms with Gasteiger partial charge in [-0.05, 0) is 31.6 Å². The molecule has 1 unspecified atom stereocenters. The first-order chi connectivity index (χ1) is 10.1. The number of benzene rings is 1. The molecule has 0 amide bonds. The molecule has 0 bridgehead atoms. The van der Waals surface area contributed by atoms with Crippen LogP contribution in [-0.2, 0) is 19.1 Å². The molecule has 0 heterocycles. The highest BCUT2D eigenvalue weighted by Gasteiger charge is 2.29. The fourth-order valence-electron chi connectivity index (χ4n) is 1.70. The third-order valence-corrected chi connectivity index (χ3v) is 3.83. The molecular weight excluding hydrogens is 308 g/mol. The molecular formula is C15H18O4S2. The predicted molar refractivity (Wildman–Crippen MR) is 87.5 cm³/mol. The molecule has 0 aliphatic carbocycles. The Morgan fingerprint density at radius 3 is 2.33 bits per heavy atom. The fourth-order valence-corrected chi connectivity index (χ4v) is 2.62. The van der Waals surface area contributed by atoms with Crippen molar-refractivity contribution in [3.8, 4) is 0 Å². The van der Waals surface area contributed by atoms with Crippen LogP contribution in [0.4, 0.5) is 0 Å².